The van der Waals surface area contributed by atoms with Crippen molar-refractivity contribution in [2.45, 2.75) is 12.8 Å². The monoisotopic (exact) mass is 347 g/mol. The number of hydrogen-bond donors (Lipinski definition) is 1. The van der Waals surface area contributed by atoms with E-state index in [1.54, 1.807) is 19.2 Å². The van der Waals surface area contributed by atoms with E-state index in [-0.39, 0.29) is 12.3 Å². The number of carbonyl (C=O) groups is 1. The van der Waals surface area contributed by atoms with E-state index in [1.807, 2.05) is 24.3 Å². The molecular weight excluding hydrogens is 330 g/mol. The van der Waals surface area contributed by atoms with Gasteiger partial charge in [0, 0.05) is 18.6 Å². The zero-order valence-corrected chi connectivity index (χ0v) is 14.1. The molecule has 5 nitrogen and oxygen atoms in total. The highest BCUT2D eigenvalue weighted by atomic mass is 35.5. The zero-order valence-electron chi connectivity index (χ0n) is 13.3. The minimum absolute atomic E-state index is 0.156. The summed E-state index contributed by atoms with van der Waals surface area (Å²) >= 11 is 6.23. The molecule has 2 aromatic rings. The van der Waals surface area contributed by atoms with Gasteiger partial charge >= 0.3 is 0 Å². The Balaban J connectivity index is 1.70. The summed E-state index contributed by atoms with van der Waals surface area (Å²) in [5.74, 6) is 1.80. The van der Waals surface area contributed by atoms with Crippen molar-refractivity contribution in [1.82, 2.24) is 0 Å². The van der Waals surface area contributed by atoms with E-state index in [1.165, 1.54) is 0 Å². The highest BCUT2D eigenvalue weighted by Crippen LogP contribution is 2.37. The summed E-state index contributed by atoms with van der Waals surface area (Å²) in [5.41, 5.74) is 1.40. The summed E-state index contributed by atoms with van der Waals surface area (Å²) < 4.78 is 16.3. The number of rotatable bonds is 4. The Morgan fingerprint density at radius 1 is 1.17 bits per heavy atom. The first-order chi connectivity index (χ1) is 11.7. The maximum absolute atomic E-state index is 12.3. The van der Waals surface area contributed by atoms with Crippen LogP contribution in [0.5, 0.6) is 17.2 Å². The number of anilines is 1. The molecule has 3 rings (SSSR count). The lowest BCUT2D eigenvalue weighted by molar-refractivity contribution is -0.115. The van der Waals surface area contributed by atoms with Crippen molar-refractivity contribution in [2.75, 3.05) is 25.6 Å². The number of carbonyl (C=O) groups excluding carboxylic acids is 1. The minimum atomic E-state index is -0.156. The number of hydrogen-bond acceptors (Lipinski definition) is 4. The molecule has 126 valence electrons. The van der Waals surface area contributed by atoms with Gasteiger partial charge in [0.05, 0.1) is 37.5 Å². The van der Waals surface area contributed by atoms with Gasteiger partial charge in [-0.25, -0.2) is 0 Å². The van der Waals surface area contributed by atoms with E-state index < -0.39 is 0 Å². The van der Waals surface area contributed by atoms with Crippen LogP contribution in [0.25, 0.3) is 0 Å². The van der Waals surface area contributed by atoms with E-state index in [0.29, 0.717) is 35.4 Å². The standard InChI is InChI=1S/C18H18ClNO4/c1-22-13-5-3-12(4-6-13)9-18(21)20-15-11-17-16(10-14(15)19)23-7-2-8-24-17/h3-6,10-11H,2,7-9H2,1H3,(H,20,21). The van der Waals surface area contributed by atoms with Gasteiger partial charge in [0.15, 0.2) is 11.5 Å². The lowest BCUT2D eigenvalue weighted by Crippen LogP contribution is -2.14. The van der Waals surface area contributed by atoms with Crippen molar-refractivity contribution >= 4 is 23.2 Å². The van der Waals surface area contributed by atoms with Crippen LogP contribution in [0, 0.1) is 0 Å². The Morgan fingerprint density at radius 2 is 1.83 bits per heavy atom. The molecule has 1 aliphatic heterocycles. The summed E-state index contributed by atoms with van der Waals surface area (Å²) in [7, 11) is 1.60. The second-order valence-electron chi connectivity index (χ2n) is 5.40. The molecule has 24 heavy (non-hydrogen) atoms. The first-order valence-corrected chi connectivity index (χ1v) is 8.05. The fraction of sp³-hybridized carbons (Fsp3) is 0.278. The Hall–Kier alpha value is -2.40. The molecule has 0 aromatic heterocycles. The number of benzene rings is 2. The number of ether oxygens (including phenoxy) is 3. The van der Waals surface area contributed by atoms with E-state index >= 15 is 0 Å². The predicted octanol–water partition coefficient (Wildman–Crippen LogP) is 3.69. The van der Waals surface area contributed by atoms with Gasteiger partial charge in [0.25, 0.3) is 0 Å². The van der Waals surface area contributed by atoms with Crippen LogP contribution in [-0.4, -0.2) is 26.2 Å². The van der Waals surface area contributed by atoms with Gasteiger partial charge in [0.1, 0.15) is 5.75 Å². The van der Waals surface area contributed by atoms with Gasteiger partial charge in [-0.05, 0) is 17.7 Å². The first kappa shape index (κ1) is 16.5. The summed E-state index contributed by atoms with van der Waals surface area (Å²) in [6.07, 6.45) is 1.06. The van der Waals surface area contributed by atoms with Crippen molar-refractivity contribution in [1.29, 1.82) is 0 Å². The van der Waals surface area contributed by atoms with Crippen LogP contribution < -0.4 is 19.5 Å². The fourth-order valence-electron chi connectivity index (χ4n) is 2.40. The Morgan fingerprint density at radius 3 is 2.50 bits per heavy atom. The lowest BCUT2D eigenvalue weighted by atomic mass is 10.1. The van der Waals surface area contributed by atoms with Gasteiger partial charge in [-0.1, -0.05) is 23.7 Å². The van der Waals surface area contributed by atoms with Crippen LogP contribution in [0.15, 0.2) is 36.4 Å². The molecule has 1 amide bonds. The maximum atomic E-state index is 12.3. The number of amides is 1. The number of halogens is 1. The third kappa shape index (κ3) is 3.92. The summed E-state index contributed by atoms with van der Waals surface area (Å²) in [6, 6.07) is 10.7. The molecule has 1 heterocycles. The van der Waals surface area contributed by atoms with Crippen LogP contribution >= 0.6 is 11.6 Å². The molecular formula is C18H18ClNO4. The molecule has 1 aliphatic rings. The SMILES string of the molecule is COc1ccc(CC(=O)Nc2cc3c(cc2Cl)OCCCO3)cc1. The van der Waals surface area contributed by atoms with E-state index in [2.05, 4.69) is 5.32 Å². The molecule has 0 saturated heterocycles. The van der Waals surface area contributed by atoms with Crippen LogP contribution in [0.4, 0.5) is 5.69 Å². The van der Waals surface area contributed by atoms with Crippen molar-refractivity contribution in [3.63, 3.8) is 0 Å². The van der Waals surface area contributed by atoms with Gasteiger partial charge in [-0.2, -0.15) is 0 Å². The third-order valence-corrected chi connectivity index (χ3v) is 3.95. The van der Waals surface area contributed by atoms with Gasteiger partial charge in [-0.15, -0.1) is 0 Å². The number of fused-ring (bicyclic) bond motifs is 1. The van der Waals surface area contributed by atoms with Crippen LogP contribution in [0.3, 0.4) is 0 Å². The molecule has 0 radical (unpaired) electrons. The maximum Gasteiger partial charge on any atom is 0.228 e. The lowest BCUT2D eigenvalue weighted by Gasteiger charge is -2.12. The normalized spacial score (nSPS) is 13.1. The second-order valence-corrected chi connectivity index (χ2v) is 5.81. The summed E-state index contributed by atoms with van der Waals surface area (Å²) in [6.45, 7) is 1.17. The highest BCUT2D eigenvalue weighted by Gasteiger charge is 2.15. The molecule has 0 saturated carbocycles. The van der Waals surface area contributed by atoms with E-state index in [0.717, 1.165) is 17.7 Å². The fourth-order valence-corrected chi connectivity index (χ4v) is 2.60. The zero-order chi connectivity index (χ0) is 16.9. The smallest absolute Gasteiger partial charge is 0.228 e. The largest absolute Gasteiger partial charge is 0.497 e. The first-order valence-electron chi connectivity index (χ1n) is 7.67. The molecule has 0 aliphatic carbocycles. The Bertz CT molecular complexity index is 731. The molecule has 0 spiro atoms. The molecule has 1 N–H and O–H groups in total. The summed E-state index contributed by atoms with van der Waals surface area (Å²) in [5, 5.41) is 3.24. The average Bonchev–Trinajstić information content (AvgIpc) is 2.81. The van der Waals surface area contributed by atoms with Crippen molar-refractivity contribution in [2.24, 2.45) is 0 Å². The molecule has 0 bridgehead atoms. The topological polar surface area (TPSA) is 56.8 Å². The van der Waals surface area contributed by atoms with E-state index in [9.17, 15) is 4.79 Å². The quantitative estimate of drug-likeness (QED) is 0.916. The summed E-state index contributed by atoms with van der Waals surface area (Å²) in [4.78, 5) is 12.3. The average molecular weight is 348 g/mol. The van der Waals surface area contributed by atoms with Crippen molar-refractivity contribution < 1.29 is 19.0 Å². The second kappa shape index (κ2) is 7.45. The number of methoxy groups -OCH3 is 1. The van der Waals surface area contributed by atoms with Crippen LogP contribution in [-0.2, 0) is 11.2 Å². The molecule has 6 heteroatoms. The van der Waals surface area contributed by atoms with Crippen molar-refractivity contribution in [3.8, 4) is 17.2 Å². The van der Waals surface area contributed by atoms with Gasteiger partial charge in [-0.3, -0.25) is 4.79 Å². The predicted molar refractivity (Wildman–Crippen MR) is 92.4 cm³/mol. The molecule has 2 aromatic carbocycles. The van der Waals surface area contributed by atoms with Crippen LogP contribution in [0.1, 0.15) is 12.0 Å². The van der Waals surface area contributed by atoms with Gasteiger partial charge in [0.2, 0.25) is 5.91 Å². The van der Waals surface area contributed by atoms with Crippen molar-refractivity contribution in [3.05, 3.63) is 47.0 Å². The third-order valence-electron chi connectivity index (χ3n) is 3.64. The highest BCUT2D eigenvalue weighted by molar-refractivity contribution is 6.34. The van der Waals surface area contributed by atoms with Crippen LogP contribution in [0.2, 0.25) is 5.02 Å². The van der Waals surface area contributed by atoms with E-state index in [4.69, 9.17) is 25.8 Å². The Labute approximate surface area is 145 Å². The van der Waals surface area contributed by atoms with Gasteiger partial charge < -0.3 is 19.5 Å². The molecule has 0 unspecified atom stereocenters. The molecule has 0 fully saturated rings. The molecule has 0 atom stereocenters. The minimum Gasteiger partial charge on any atom is -0.497 e. The number of nitrogens with one attached hydrogen (secondary N) is 1. The Kier molecular flexibility index (Phi) is 5.11.